The van der Waals surface area contributed by atoms with Gasteiger partial charge < -0.3 is 5.32 Å². The summed E-state index contributed by atoms with van der Waals surface area (Å²) in [7, 11) is 0. The molecule has 0 saturated heterocycles. The lowest BCUT2D eigenvalue weighted by molar-refractivity contribution is 0.574. The standard InChI is InChI=1S/C14H14N4/c1-11(13-3-5-16-6-4-13)18-10-12-2-7-17-14(8-12)9-15/h2-8,11,18H,10H2,1H3/t11-/m0/s1. The summed E-state index contributed by atoms with van der Waals surface area (Å²) < 4.78 is 0. The summed E-state index contributed by atoms with van der Waals surface area (Å²) in [4.78, 5) is 7.94. The van der Waals surface area contributed by atoms with Crippen molar-refractivity contribution in [2.75, 3.05) is 0 Å². The highest BCUT2D eigenvalue weighted by Gasteiger charge is 2.04. The van der Waals surface area contributed by atoms with E-state index in [2.05, 4.69) is 22.2 Å². The molecule has 0 aliphatic heterocycles. The van der Waals surface area contributed by atoms with E-state index in [0.717, 1.165) is 5.56 Å². The molecule has 2 heterocycles. The van der Waals surface area contributed by atoms with Gasteiger partial charge in [-0.3, -0.25) is 4.98 Å². The van der Waals surface area contributed by atoms with Crippen LogP contribution in [0.4, 0.5) is 0 Å². The van der Waals surface area contributed by atoms with Gasteiger partial charge in [0.2, 0.25) is 0 Å². The summed E-state index contributed by atoms with van der Waals surface area (Å²) >= 11 is 0. The van der Waals surface area contributed by atoms with E-state index in [0.29, 0.717) is 12.2 Å². The van der Waals surface area contributed by atoms with E-state index in [9.17, 15) is 0 Å². The monoisotopic (exact) mass is 238 g/mol. The van der Waals surface area contributed by atoms with Gasteiger partial charge in [0.05, 0.1) is 0 Å². The Labute approximate surface area is 106 Å². The van der Waals surface area contributed by atoms with Crippen molar-refractivity contribution in [3.63, 3.8) is 0 Å². The van der Waals surface area contributed by atoms with Crippen molar-refractivity contribution in [3.05, 3.63) is 59.7 Å². The molecule has 0 aromatic carbocycles. The maximum atomic E-state index is 8.78. The third-order valence-electron chi connectivity index (χ3n) is 2.76. The van der Waals surface area contributed by atoms with E-state index in [4.69, 9.17) is 5.26 Å². The van der Waals surface area contributed by atoms with E-state index in [-0.39, 0.29) is 6.04 Å². The Morgan fingerprint density at radius 1 is 1.28 bits per heavy atom. The number of nitriles is 1. The van der Waals surface area contributed by atoms with Crippen LogP contribution < -0.4 is 5.32 Å². The van der Waals surface area contributed by atoms with E-state index in [1.807, 2.05) is 24.3 Å². The average molecular weight is 238 g/mol. The zero-order chi connectivity index (χ0) is 12.8. The molecule has 2 aromatic rings. The van der Waals surface area contributed by atoms with Gasteiger partial charge >= 0.3 is 0 Å². The highest BCUT2D eigenvalue weighted by atomic mass is 14.9. The van der Waals surface area contributed by atoms with Crippen molar-refractivity contribution in [1.29, 1.82) is 5.26 Å². The fraction of sp³-hybridized carbons (Fsp3) is 0.214. The van der Waals surface area contributed by atoms with Crippen LogP contribution in [0.15, 0.2) is 42.9 Å². The smallest absolute Gasteiger partial charge is 0.140 e. The van der Waals surface area contributed by atoms with Crippen LogP contribution in [0.2, 0.25) is 0 Å². The van der Waals surface area contributed by atoms with E-state index in [1.54, 1.807) is 24.7 Å². The molecule has 0 amide bonds. The molecule has 1 atom stereocenters. The minimum Gasteiger partial charge on any atom is -0.306 e. The fourth-order valence-electron chi connectivity index (χ4n) is 1.69. The van der Waals surface area contributed by atoms with Gasteiger partial charge in [0.1, 0.15) is 11.8 Å². The first-order valence-electron chi connectivity index (χ1n) is 5.78. The molecule has 0 aliphatic carbocycles. The van der Waals surface area contributed by atoms with Crippen LogP contribution in [-0.4, -0.2) is 9.97 Å². The van der Waals surface area contributed by atoms with Crippen LogP contribution >= 0.6 is 0 Å². The summed E-state index contributed by atoms with van der Waals surface area (Å²) in [6.07, 6.45) is 5.23. The lowest BCUT2D eigenvalue weighted by Gasteiger charge is -2.13. The molecule has 4 heteroatoms. The lowest BCUT2D eigenvalue weighted by Crippen LogP contribution is -2.18. The first-order chi connectivity index (χ1) is 8.79. The molecule has 0 bridgehead atoms. The molecule has 4 nitrogen and oxygen atoms in total. The Kier molecular flexibility index (Phi) is 4.00. The molecule has 0 saturated carbocycles. The van der Waals surface area contributed by atoms with Crippen molar-refractivity contribution in [1.82, 2.24) is 15.3 Å². The van der Waals surface area contributed by atoms with Gasteiger partial charge in [0.25, 0.3) is 0 Å². The molecular formula is C14H14N4. The zero-order valence-corrected chi connectivity index (χ0v) is 10.2. The van der Waals surface area contributed by atoms with Crippen LogP contribution in [0.5, 0.6) is 0 Å². The molecular weight excluding hydrogens is 224 g/mol. The predicted molar refractivity (Wildman–Crippen MR) is 68.4 cm³/mol. The maximum absolute atomic E-state index is 8.78. The summed E-state index contributed by atoms with van der Waals surface area (Å²) in [5.74, 6) is 0. The van der Waals surface area contributed by atoms with Crippen molar-refractivity contribution >= 4 is 0 Å². The Morgan fingerprint density at radius 2 is 2.06 bits per heavy atom. The minimum atomic E-state index is 0.242. The second kappa shape index (κ2) is 5.89. The SMILES string of the molecule is C[C@H](NCc1ccnc(C#N)c1)c1ccncc1. The van der Waals surface area contributed by atoms with Crippen molar-refractivity contribution < 1.29 is 0 Å². The van der Waals surface area contributed by atoms with Gasteiger partial charge in [-0.05, 0) is 42.3 Å². The largest absolute Gasteiger partial charge is 0.306 e. The second-order valence-electron chi connectivity index (χ2n) is 4.04. The number of nitrogens with one attached hydrogen (secondary N) is 1. The minimum absolute atomic E-state index is 0.242. The molecule has 0 radical (unpaired) electrons. The molecule has 1 N–H and O–H groups in total. The summed E-state index contributed by atoms with van der Waals surface area (Å²) in [5.41, 5.74) is 2.70. The number of pyridine rings is 2. The van der Waals surface area contributed by atoms with Gasteiger partial charge in [0.15, 0.2) is 0 Å². The van der Waals surface area contributed by atoms with Crippen molar-refractivity contribution in [2.45, 2.75) is 19.5 Å². The van der Waals surface area contributed by atoms with Crippen LogP contribution in [0.3, 0.4) is 0 Å². The second-order valence-corrected chi connectivity index (χ2v) is 4.04. The number of hydrogen-bond acceptors (Lipinski definition) is 4. The van der Waals surface area contributed by atoms with Gasteiger partial charge in [-0.2, -0.15) is 5.26 Å². The number of rotatable bonds is 4. The van der Waals surface area contributed by atoms with Gasteiger partial charge in [0, 0.05) is 31.2 Å². The third-order valence-corrected chi connectivity index (χ3v) is 2.76. The summed E-state index contributed by atoms with van der Waals surface area (Å²) in [6, 6.07) is 9.97. The third kappa shape index (κ3) is 3.12. The molecule has 2 aromatic heterocycles. The fourth-order valence-corrected chi connectivity index (χ4v) is 1.69. The van der Waals surface area contributed by atoms with Gasteiger partial charge in [-0.15, -0.1) is 0 Å². The van der Waals surface area contributed by atoms with Crippen LogP contribution in [0, 0.1) is 11.3 Å². The van der Waals surface area contributed by atoms with Crippen molar-refractivity contribution in [3.8, 4) is 6.07 Å². The van der Waals surface area contributed by atoms with Crippen LogP contribution in [0.25, 0.3) is 0 Å². The molecule has 90 valence electrons. The number of aromatic nitrogens is 2. The molecule has 18 heavy (non-hydrogen) atoms. The molecule has 0 unspecified atom stereocenters. The quantitative estimate of drug-likeness (QED) is 0.887. The van der Waals surface area contributed by atoms with Crippen LogP contribution in [-0.2, 0) is 6.54 Å². The number of nitrogens with zero attached hydrogens (tertiary/aromatic N) is 3. The first-order valence-corrected chi connectivity index (χ1v) is 5.78. The first kappa shape index (κ1) is 12.2. The Balaban J connectivity index is 1.97. The highest BCUT2D eigenvalue weighted by Crippen LogP contribution is 2.11. The average Bonchev–Trinajstić information content (AvgIpc) is 2.46. The lowest BCUT2D eigenvalue weighted by atomic mass is 10.1. The van der Waals surface area contributed by atoms with Gasteiger partial charge in [-0.1, -0.05) is 0 Å². The Morgan fingerprint density at radius 3 is 2.78 bits per heavy atom. The summed E-state index contributed by atoms with van der Waals surface area (Å²) in [6.45, 7) is 2.81. The van der Waals surface area contributed by atoms with Crippen molar-refractivity contribution in [2.24, 2.45) is 0 Å². The summed E-state index contributed by atoms with van der Waals surface area (Å²) in [5, 5.41) is 12.2. The van der Waals surface area contributed by atoms with Crippen LogP contribution in [0.1, 0.15) is 29.8 Å². The highest BCUT2D eigenvalue weighted by molar-refractivity contribution is 5.25. The normalized spacial score (nSPS) is 11.8. The number of hydrogen-bond donors (Lipinski definition) is 1. The molecule has 0 spiro atoms. The topological polar surface area (TPSA) is 61.6 Å². The van der Waals surface area contributed by atoms with Gasteiger partial charge in [-0.25, -0.2) is 4.98 Å². The molecule has 0 fully saturated rings. The van der Waals surface area contributed by atoms with E-state index in [1.165, 1.54) is 5.56 Å². The Hall–Kier alpha value is -2.25. The van der Waals surface area contributed by atoms with E-state index >= 15 is 0 Å². The molecule has 2 rings (SSSR count). The molecule has 0 aliphatic rings. The maximum Gasteiger partial charge on any atom is 0.140 e. The Bertz CT molecular complexity index is 545. The zero-order valence-electron chi connectivity index (χ0n) is 10.2. The predicted octanol–water partition coefficient (Wildman–Crippen LogP) is 2.20. The van der Waals surface area contributed by atoms with E-state index < -0.39 is 0 Å².